The molecule has 2 heterocycles. The minimum atomic E-state index is -0.313. The van der Waals surface area contributed by atoms with Gasteiger partial charge in [-0.2, -0.15) is 0 Å². The molecule has 2 N–H and O–H groups in total. The Morgan fingerprint density at radius 1 is 1.22 bits per heavy atom. The van der Waals surface area contributed by atoms with Crippen molar-refractivity contribution in [1.29, 1.82) is 0 Å². The Kier molecular flexibility index (Phi) is 4.92. The first-order valence-corrected chi connectivity index (χ1v) is 7.69. The molecule has 0 unspecified atom stereocenters. The van der Waals surface area contributed by atoms with Gasteiger partial charge in [-0.15, -0.1) is 0 Å². The molecule has 1 aromatic heterocycles. The summed E-state index contributed by atoms with van der Waals surface area (Å²) in [7, 11) is 0. The number of hydrogen-bond donors (Lipinski definition) is 2. The first-order valence-electron chi connectivity index (χ1n) is 7.69. The van der Waals surface area contributed by atoms with E-state index in [1.54, 1.807) is 24.3 Å². The van der Waals surface area contributed by atoms with Gasteiger partial charge in [0.25, 0.3) is 5.91 Å². The van der Waals surface area contributed by atoms with E-state index < -0.39 is 0 Å². The molecular weight excluding hydrogens is 299 g/mol. The maximum atomic E-state index is 12.8. The van der Waals surface area contributed by atoms with Gasteiger partial charge in [0.2, 0.25) is 0 Å². The van der Waals surface area contributed by atoms with E-state index in [0.717, 1.165) is 25.9 Å². The first kappa shape index (κ1) is 15.6. The fourth-order valence-corrected chi connectivity index (χ4v) is 2.49. The van der Waals surface area contributed by atoms with Crippen LogP contribution in [0.3, 0.4) is 0 Å². The Labute approximate surface area is 133 Å². The lowest BCUT2D eigenvalue weighted by molar-refractivity contribution is 0.0897. The summed E-state index contributed by atoms with van der Waals surface area (Å²) in [6.45, 7) is 2.02. The molecule has 23 heavy (non-hydrogen) atoms. The van der Waals surface area contributed by atoms with Crippen molar-refractivity contribution in [3.63, 3.8) is 0 Å². The van der Waals surface area contributed by atoms with Gasteiger partial charge in [-0.05, 0) is 62.3 Å². The van der Waals surface area contributed by atoms with Gasteiger partial charge in [-0.1, -0.05) is 0 Å². The van der Waals surface area contributed by atoms with Crippen molar-refractivity contribution >= 4 is 5.91 Å². The van der Waals surface area contributed by atoms with Crippen LogP contribution in [0.5, 0.6) is 5.75 Å². The highest BCUT2D eigenvalue weighted by Gasteiger charge is 2.18. The Balaban J connectivity index is 1.52. The zero-order chi connectivity index (χ0) is 16.1. The second kappa shape index (κ2) is 7.28. The Bertz CT molecular complexity index is 648. The normalized spacial score (nSPS) is 15.3. The van der Waals surface area contributed by atoms with Gasteiger partial charge >= 0.3 is 0 Å². The van der Waals surface area contributed by atoms with Crippen LogP contribution in [0, 0.1) is 5.82 Å². The summed E-state index contributed by atoms with van der Waals surface area (Å²) in [4.78, 5) is 12.1. The van der Waals surface area contributed by atoms with Crippen LogP contribution in [0.2, 0.25) is 0 Å². The third-order valence-corrected chi connectivity index (χ3v) is 3.75. The van der Waals surface area contributed by atoms with Gasteiger partial charge in [-0.25, -0.2) is 4.39 Å². The molecular formula is C17H19FN2O3. The molecule has 0 aliphatic carbocycles. The lowest BCUT2D eigenvalue weighted by Crippen LogP contribution is -2.42. The van der Waals surface area contributed by atoms with Gasteiger partial charge in [0.05, 0.1) is 0 Å². The quantitative estimate of drug-likeness (QED) is 0.889. The molecule has 1 aromatic carbocycles. The van der Waals surface area contributed by atoms with Crippen molar-refractivity contribution in [2.24, 2.45) is 0 Å². The third-order valence-electron chi connectivity index (χ3n) is 3.75. The summed E-state index contributed by atoms with van der Waals surface area (Å²) in [5.74, 6) is 0.853. The van der Waals surface area contributed by atoms with Gasteiger partial charge in [-0.3, -0.25) is 4.79 Å². The summed E-state index contributed by atoms with van der Waals surface area (Å²) in [6.07, 6.45) is 1.85. The lowest BCUT2D eigenvalue weighted by Gasteiger charge is -2.23. The van der Waals surface area contributed by atoms with E-state index in [4.69, 9.17) is 9.15 Å². The highest BCUT2D eigenvalue weighted by Crippen LogP contribution is 2.15. The molecule has 1 amide bonds. The minimum Gasteiger partial charge on any atom is -0.486 e. The number of piperidine rings is 1. The maximum Gasteiger partial charge on any atom is 0.287 e. The highest BCUT2D eigenvalue weighted by atomic mass is 19.1. The topological polar surface area (TPSA) is 63.5 Å². The maximum absolute atomic E-state index is 12.8. The molecule has 0 spiro atoms. The number of halogens is 1. The fraction of sp³-hybridized carbons (Fsp3) is 0.353. The van der Waals surface area contributed by atoms with Crippen molar-refractivity contribution in [2.45, 2.75) is 25.5 Å². The number of nitrogens with one attached hydrogen (secondary N) is 2. The number of ether oxygens (including phenoxy) is 1. The van der Waals surface area contributed by atoms with Crippen LogP contribution in [-0.2, 0) is 6.61 Å². The molecule has 0 saturated carbocycles. The van der Waals surface area contributed by atoms with Crippen LogP contribution in [0.1, 0.15) is 29.2 Å². The molecule has 0 bridgehead atoms. The van der Waals surface area contributed by atoms with E-state index in [1.807, 2.05) is 0 Å². The number of rotatable bonds is 5. The summed E-state index contributed by atoms with van der Waals surface area (Å²) in [5, 5.41) is 6.23. The van der Waals surface area contributed by atoms with E-state index in [9.17, 15) is 9.18 Å². The van der Waals surface area contributed by atoms with Crippen LogP contribution in [0.15, 0.2) is 40.8 Å². The first-order chi connectivity index (χ1) is 11.2. The van der Waals surface area contributed by atoms with Crippen molar-refractivity contribution in [3.8, 4) is 5.75 Å². The summed E-state index contributed by atoms with van der Waals surface area (Å²) in [6, 6.07) is 9.28. The number of hydrogen-bond acceptors (Lipinski definition) is 4. The average Bonchev–Trinajstić information content (AvgIpc) is 3.04. The molecule has 5 nitrogen and oxygen atoms in total. The molecule has 0 radical (unpaired) electrons. The molecule has 3 rings (SSSR count). The van der Waals surface area contributed by atoms with E-state index >= 15 is 0 Å². The third kappa shape index (κ3) is 4.32. The van der Waals surface area contributed by atoms with Gasteiger partial charge < -0.3 is 19.8 Å². The zero-order valence-electron chi connectivity index (χ0n) is 12.7. The molecule has 2 aromatic rings. The number of benzene rings is 1. The number of carbonyl (C=O) groups is 1. The largest absolute Gasteiger partial charge is 0.486 e. The van der Waals surface area contributed by atoms with Crippen molar-refractivity contribution in [1.82, 2.24) is 10.6 Å². The van der Waals surface area contributed by atoms with Crippen LogP contribution in [-0.4, -0.2) is 25.0 Å². The van der Waals surface area contributed by atoms with Crippen LogP contribution in [0.4, 0.5) is 4.39 Å². The number of carbonyl (C=O) groups excluding carboxylic acids is 1. The number of furan rings is 1. The average molecular weight is 318 g/mol. The van der Waals surface area contributed by atoms with Crippen molar-refractivity contribution in [2.75, 3.05) is 13.1 Å². The predicted molar refractivity (Wildman–Crippen MR) is 82.8 cm³/mol. The monoisotopic (exact) mass is 318 g/mol. The molecule has 1 fully saturated rings. The zero-order valence-corrected chi connectivity index (χ0v) is 12.7. The van der Waals surface area contributed by atoms with E-state index in [2.05, 4.69) is 10.6 Å². The molecule has 6 heteroatoms. The molecule has 0 atom stereocenters. The molecule has 122 valence electrons. The summed E-state index contributed by atoms with van der Waals surface area (Å²) >= 11 is 0. The molecule has 1 saturated heterocycles. The smallest absolute Gasteiger partial charge is 0.287 e. The van der Waals surface area contributed by atoms with Crippen LogP contribution in [0.25, 0.3) is 0 Å². The molecule has 1 aliphatic rings. The van der Waals surface area contributed by atoms with E-state index in [1.165, 1.54) is 12.1 Å². The van der Waals surface area contributed by atoms with Gasteiger partial charge in [0.15, 0.2) is 5.76 Å². The van der Waals surface area contributed by atoms with Gasteiger partial charge in [0.1, 0.15) is 23.9 Å². The summed E-state index contributed by atoms with van der Waals surface area (Å²) < 4.78 is 23.8. The standard InChI is InChI=1S/C17H19FN2O3/c18-12-1-3-14(4-2-12)22-11-15-5-6-16(23-15)17(21)20-13-7-9-19-10-8-13/h1-6,13,19H,7-11H2,(H,20,21). The van der Waals surface area contributed by atoms with Gasteiger partial charge in [0, 0.05) is 6.04 Å². The highest BCUT2D eigenvalue weighted by molar-refractivity contribution is 5.91. The van der Waals surface area contributed by atoms with E-state index in [0.29, 0.717) is 11.5 Å². The second-order valence-electron chi connectivity index (χ2n) is 5.51. The SMILES string of the molecule is O=C(NC1CCNCC1)c1ccc(COc2ccc(F)cc2)o1. The Morgan fingerprint density at radius 2 is 1.96 bits per heavy atom. The fourth-order valence-electron chi connectivity index (χ4n) is 2.49. The minimum absolute atomic E-state index is 0.187. The predicted octanol–water partition coefficient (Wildman–Crippen LogP) is 2.48. The van der Waals surface area contributed by atoms with E-state index in [-0.39, 0.29) is 30.1 Å². The van der Waals surface area contributed by atoms with Crippen molar-refractivity contribution < 1.29 is 18.3 Å². The Morgan fingerprint density at radius 3 is 2.70 bits per heavy atom. The number of amides is 1. The molecule has 1 aliphatic heterocycles. The van der Waals surface area contributed by atoms with Crippen molar-refractivity contribution in [3.05, 3.63) is 53.7 Å². The summed E-state index contributed by atoms with van der Waals surface area (Å²) in [5.41, 5.74) is 0. The Hall–Kier alpha value is -2.34. The van der Waals surface area contributed by atoms with Crippen LogP contribution < -0.4 is 15.4 Å². The van der Waals surface area contributed by atoms with Crippen LogP contribution >= 0.6 is 0 Å². The second-order valence-corrected chi connectivity index (χ2v) is 5.51. The lowest BCUT2D eigenvalue weighted by atomic mass is 10.1.